The van der Waals surface area contributed by atoms with Gasteiger partial charge in [0.1, 0.15) is 5.82 Å². The van der Waals surface area contributed by atoms with Crippen LogP contribution in [-0.4, -0.2) is 12.5 Å². The topological polar surface area (TPSA) is 29.1 Å². The predicted octanol–water partition coefficient (Wildman–Crippen LogP) is 1.74. The van der Waals surface area contributed by atoms with E-state index in [1.165, 1.54) is 6.07 Å². The molecule has 1 N–H and O–H groups in total. The van der Waals surface area contributed by atoms with Gasteiger partial charge in [-0.2, -0.15) is 0 Å². The Morgan fingerprint density at radius 3 is 2.86 bits per heavy atom. The Morgan fingerprint density at radius 2 is 2.29 bits per heavy atom. The molecule has 1 aliphatic heterocycles. The van der Waals surface area contributed by atoms with E-state index in [-0.39, 0.29) is 17.6 Å². The van der Waals surface area contributed by atoms with E-state index in [0.717, 1.165) is 5.56 Å². The fourth-order valence-electron chi connectivity index (χ4n) is 1.79. The minimum Gasteiger partial charge on any atom is -0.355 e. The third-order valence-electron chi connectivity index (χ3n) is 2.57. The second-order valence-corrected chi connectivity index (χ2v) is 3.73. The largest absolute Gasteiger partial charge is 0.355 e. The van der Waals surface area contributed by atoms with E-state index in [0.29, 0.717) is 18.5 Å². The molecule has 2 rings (SSSR count). The Balaban J connectivity index is 2.28. The van der Waals surface area contributed by atoms with Gasteiger partial charge in [-0.1, -0.05) is 12.1 Å². The molecule has 14 heavy (non-hydrogen) atoms. The number of amides is 1. The van der Waals surface area contributed by atoms with E-state index < -0.39 is 0 Å². The van der Waals surface area contributed by atoms with Crippen molar-refractivity contribution in [1.29, 1.82) is 0 Å². The van der Waals surface area contributed by atoms with E-state index in [1.54, 1.807) is 6.07 Å². The molecule has 74 valence electrons. The lowest BCUT2D eigenvalue weighted by atomic mass is 9.97. The molecule has 1 fully saturated rings. The number of benzene rings is 1. The summed E-state index contributed by atoms with van der Waals surface area (Å²) in [5.74, 6) is -0.190. The molecule has 2 nitrogen and oxygen atoms in total. The molecule has 0 aromatic heterocycles. The number of carbonyl (C=O) groups is 1. The first-order valence-electron chi connectivity index (χ1n) is 4.69. The van der Waals surface area contributed by atoms with Crippen LogP contribution < -0.4 is 5.32 Å². The molecule has 0 spiro atoms. The van der Waals surface area contributed by atoms with Gasteiger partial charge in [0.25, 0.3) is 0 Å². The van der Waals surface area contributed by atoms with Crippen molar-refractivity contribution in [3.63, 3.8) is 0 Å². The first-order chi connectivity index (χ1) is 6.66. The average Bonchev–Trinajstić information content (AvgIpc) is 2.51. The summed E-state index contributed by atoms with van der Waals surface area (Å²) in [6, 6.07) is 5.16. The van der Waals surface area contributed by atoms with Gasteiger partial charge in [0, 0.05) is 18.9 Å². The highest BCUT2D eigenvalue weighted by atomic mass is 19.1. The second kappa shape index (κ2) is 3.40. The Morgan fingerprint density at radius 1 is 1.50 bits per heavy atom. The SMILES string of the molecule is Cc1ccc(C2CNC(=O)C2)c(F)c1. The highest BCUT2D eigenvalue weighted by Gasteiger charge is 2.24. The first kappa shape index (κ1) is 9.19. The number of halogens is 1. The van der Waals surface area contributed by atoms with Crippen LogP contribution in [0.2, 0.25) is 0 Å². The van der Waals surface area contributed by atoms with Crippen LogP contribution in [0.3, 0.4) is 0 Å². The van der Waals surface area contributed by atoms with Gasteiger partial charge in [-0.25, -0.2) is 4.39 Å². The standard InChI is InChI=1S/C11H12FNO/c1-7-2-3-9(10(12)4-7)8-5-11(14)13-6-8/h2-4,8H,5-6H2,1H3,(H,13,14). The van der Waals surface area contributed by atoms with Gasteiger partial charge in [0.05, 0.1) is 0 Å². The van der Waals surface area contributed by atoms with Crippen molar-refractivity contribution in [3.05, 3.63) is 35.1 Å². The number of nitrogens with one attached hydrogen (secondary N) is 1. The quantitative estimate of drug-likeness (QED) is 0.723. The number of aryl methyl sites for hydroxylation is 1. The van der Waals surface area contributed by atoms with Crippen LogP contribution >= 0.6 is 0 Å². The van der Waals surface area contributed by atoms with Crippen LogP contribution in [0.5, 0.6) is 0 Å². The van der Waals surface area contributed by atoms with Crippen molar-refractivity contribution < 1.29 is 9.18 Å². The van der Waals surface area contributed by atoms with Gasteiger partial charge in [0.2, 0.25) is 5.91 Å². The second-order valence-electron chi connectivity index (χ2n) is 3.73. The molecule has 3 heteroatoms. The lowest BCUT2D eigenvalue weighted by Gasteiger charge is -2.09. The smallest absolute Gasteiger partial charge is 0.220 e. The highest BCUT2D eigenvalue weighted by Crippen LogP contribution is 2.25. The van der Waals surface area contributed by atoms with E-state index in [2.05, 4.69) is 5.32 Å². The van der Waals surface area contributed by atoms with Gasteiger partial charge in [0.15, 0.2) is 0 Å². The zero-order valence-corrected chi connectivity index (χ0v) is 8.01. The van der Waals surface area contributed by atoms with Gasteiger partial charge in [-0.15, -0.1) is 0 Å². The predicted molar refractivity (Wildman–Crippen MR) is 51.5 cm³/mol. The fourth-order valence-corrected chi connectivity index (χ4v) is 1.79. The van der Waals surface area contributed by atoms with Crippen LogP contribution in [-0.2, 0) is 4.79 Å². The minimum absolute atomic E-state index is 0.00287. The summed E-state index contributed by atoms with van der Waals surface area (Å²) in [6.45, 7) is 2.41. The summed E-state index contributed by atoms with van der Waals surface area (Å²) in [7, 11) is 0. The monoisotopic (exact) mass is 193 g/mol. The normalized spacial score (nSPS) is 21.0. The molecule has 1 aromatic carbocycles. The molecule has 0 aliphatic carbocycles. The Bertz CT molecular complexity index is 376. The third-order valence-corrected chi connectivity index (χ3v) is 2.57. The summed E-state index contributed by atoms with van der Waals surface area (Å²) in [5.41, 5.74) is 1.55. The van der Waals surface area contributed by atoms with E-state index in [1.807, 2.05) is 13.0 Å². The maximum atomic E-state index is 13.5. The molecule has 1 heterocycles. The molecule has 1 aliphatic rings. The summed E-state index contributed by atoms with van der Waals surface area (Å²) < 4.78 is 13.5. The summed E-state index contributed by atoms with van der Waals surface area (Å²) in [4.78, 5) is 11.0. The zero-order valence-electron chi connectivity index (χ0n) is 8.01. The maximum Gasteiger partial charge on any atom is 0.220 e. The minimum atomic E-state index is -0.202. The molecule has 1 atom stereocenters. The van der Waals surface area contributed by atoms with Crippen molar-refractivity contribution >= 4 is 5.91 Å². The summed E-state index contributed by atoms with van der Waals surface area (Å²) in [6.07, 6.45) is 0.403. The van der Waals surface area contributed by atoms with Gasteiger partial charge in [-0.05, 0) is 24.1 Å². The van der Waals surface area contributed by atoms with Crippen molar-refractivity contribution in [2.75, 3.05) is 6.54 Å². The highest BCUT2D eigenvalue weighted by molar-refractivity contribution is 5.79. The molecule has 0 radical (unpaired) electrons. The number of carbonyl (C=O) groups excluding carboxylic acids is 1. The number of hydrogen-bond donors (Lipinski definition) is 1. The average molecular weight is 193 g/mol. The molecule has 1 amide bonds. The molecule has 0 bridgehead atoms. The summed E-state index contributed by atoms with van der Waals surface area (Å²) >= 11 is 0. The Kier molecular flexibility index (Phi) is 2.23. The Labute approximate surface area is 82.1 Å². The molecule has 0 saturated carbocycles. The van der Waals surface area contributed by atoms with Crippen LogP contribution in [0.1, 0.15) is 23.5 Å². The van der Waals surface area contributed by atoms with Crippen molar-refractivity contribution in [1.82, 2.24) is 5.32 Å². The molecule has 1 unspecified atom stereocenters. The molecule has 1 aromatic rings. The molecular formula is C11H12FNO. The fraction of sp³-hybridized carbons (Fsp3) is 0.364. The first-order valence-corrected chi connectivity index (χ1v) is 4.69. The number of rotatable bonds is 1. The van der Waals surface area contributed by atoms with Crippen molar-refractivity contribution in [2.24, 2.45) is 0 Å². The van der Waals surface area contributed by atoms with Gasteiger partial charge in [-0.3, -0.25) is 4.79 Å². The van der Waals surface area contributed by atoms with Crippen molar-refractivity contribution in [3.8, 4) is 0 Å². The Hall–Kier alpha value is -1.38. The third kappa shape index (κ3) is 1.62. The van der Waals surface area contributed by atoms with Crippen LogP contribution in [0.4, 0.5) is 4.39 Å². The van der Waals surface area contributed by atoms with E-state index >= 15 is 0 Å². The van der Waals surface area contributed by atoms with Crippen LogP contribution in [0.25, 0.3) is 0 Å². The van der Waals surface area contributed by atoms with Crippen LogP contribution in [0.15, 0.2) is 18.2 Å². The lowest BCUT2D eigenvalue weighted by Crippen LogP contribution is -2.13. The zero-order chi connectivity index (χ0) is 10.1. The van der Waals surface area contributed by atoms with Crippen LogP contribution in [0, 0.1) is 12.7 Å². The van der Waals surface area contributed by atoms with Gasteiger partial charge < -0.3 is 5.32 Å². The molecular weight excluding hydrogens is 181 g/mol. The van der Waals surface area contributed by atoms with Gasteiger partial charge >= 0.3 is 0 Å². The van der Waals surface area contributed by atoms with E-state index in [9.17, 15) is 9.18 Å². The number of hydrogen-bond acceptors (Lipinski definition) is 1. The molecule has 1 saturated heterocycles. The van der Waals surface area contributed by atoms with Crippen molar-refractivity contribution in [2.45, 2.75) is 19.3 Å². The summed E-state index contributed by atoms with van der Waals surface area (Å²) in [5, 5.41) is 2.70. The van der Waals surface area contributed by atoms with E-state index in [4.69, 9.17) is 0 Å². The maximum absolute atomic E-state index is 13.5. The lowest BCUT2D eigenvalue weighted by molar-refractivity contribution is -0.119.